The lowest BCUT2D eigenvalue weighted by Gasteiger charge is -2.31. The average Bonchev–Trinajstić information content (AvgIpc) is 2.52. The lowest BCUT2D eigenvalue weighted by atomic mass is 9.97. The number of nitrogens with one attached hydrogen (secondary N) is 1. The fraction of sp³-hybridized carbons (Fsp3) is 0.875. The summed E-state index contributed by atoms with van der Waals surface area (Å²) in [5.41, 5.74) is 0. The highest BCUT2D eigenvalue weighted by molar-refractivity contribution is 5.80. The Morgan fingerprint density at radius 2 is 1.90 bits per heavy atom. The second kappa shape index (κ2) is 8.37. The Balaban J connectivity index is 1.61. The maximum Gasteiger partial charge on any atom is 0.224 e. The summed E-state index contributed by atoms with van der Waals surface area (Å²) >= 11 is 0. The number of carbonyl (C=O) groups is 2. The number of hydrogen-bond donors (Lipinski definition) is 1. The van der Waals surface area contributed by atoms with Crippen molar-refractivity contribution in [3.8, 4) is 0 Å². The Morgan fingerprint density at radius 3 is 2.62 bits per heavy atom. The third kappa shape index (κ3) is 5.30. The number of rotatable bonds is 5. The minimum atomic E-state index is -0.0580. The molecule has 2 rings (SSSR count). The maximum absolute atomic E-state index is 12.1. The van der Waals surface area contributed by atoms with Crippen LogP contribution in [-0.2, 0) is 14.3 Å². The van der Waals surface area contributed by atoms with Crippen LogP contribution in [-0.4, -0.2) is 49.1 Å². The van der Waals surface area contributed by atoms with Gasteiger partial charge < -0.3 is 15.0 Å². The molecule has 1 N–H and O–H groups in total. The van der Waals surface area contributed by atoms with Crippen LogP contribution in [0.15, 0.2) is 0 Å². The molecule has 120 valence electrons. The van der Waals surface area contributed by atoms with Gasteiger partial charge in [0, 0.05) is 26.6 Å². The second-order valence-corrected chi connectivity index (χ2v) is 6.23. The Hall–Kier alpha value is -1.10. The van der Waals surface area contributed by atoms with E-state index in [2.05, 4.69) is 5.32 Å². The molecule has 1 unspecified atom stereocenters. The third-order valence-corrected chi connectivity index (χ3v) is 4.54. The summed E-state index contributed by atoms with van der Waals surface area (Å²) in [6, 6.07) is 0. The van der Waals surface area contributed by atoms with Crippen LogP contribution in [0.1, 0.15) is 51.9 Å². The van der Waals surface area contributed by atoms with E-state index < -0.39 is 0 Å². The number of amides is 2. The van der Waals surface area contributed by atoms with E-state index in [0.29, 0.717) is 25.8 Å². The molecule has 2 amide bonds. The molecule has 1 heterocycles. The molecule has 0 aromatic carbocycles. The predicted molar refractivity (Wildman–Crippen MR) is 80.8 cm³/mol. The molecule has 1 atom stereocenters. The van der Waals surface area contributed by atoms with E-state index in [1.165, 1.54) is 19.3 Å². The van der Waals surface area contributed by atoms with Crippen molar-refractivity contribution >= 4 is 11.8 Å². The quantitative estimate of drug-likeness (QED) is 0.786. The van der Waals surface area contributed by atoms with Gasteiger partial charge in [0.05, 0.1) is 18.6 Å². The molecule has 2 fully saturated rings. The predicted octanol–water partition coefficient (Wildman–Crippen LogP) is 1.71. The van der Waals surface area contributed by atoms with Gasteiger partial charge in [0.2, 0.25) is 11.8 Å². The van der Waals surface area contributed by atoms with Crippen LogP contribution in [0.5, 0.6) is 0 Å². The summed E-state index contributed by atoms with van der Waals surface area (Å²) in [5.74, 6) is 0.0682. The van der Waals surface area contributed by atoms with Crippen molar-refractivity contribution in [2.24, 2.45) is 5.92 Å². The monoisotopic (exact) mass is 296 g/mol. The fourth-order valence-electron chi connectivity index (χ4n) is 3.25. The van der Waals surface area contributed by atoms with Gasteiger partial charge in [-0.1, -0.05) is 19.3 Å². The summed E-state index contributed by atoms with van der Waals surface area (Å²) < 4.78 is 5.80. The molecule has 21 heavy (non-hydrogen) atoms. The van der Waals surface area contributed by atoms with E-state index in [9.17, 15) is 9.59 Å². The Labute approximate surface area is 127 Å². The van der Waals surface area contributed by atoms with Crippen LogP contribution in [0.4, 0.5) is 0 Å². The minimum Gasteiger partial charge on any atom is -0.376 e. The third-order valence-electron chi connectivity index (χ3n) is 4.54. The molecule has 0 bridgehead atoms. The molecule has 1 saturated carbocycles. The van der Waals surface area contributed by atoms with Gasteiger partial charge >= 0.3 is 0 Å². The van der Waals surface area contributed by atoms with Crippen LogP contribution in [0.25, 0.3) is 0 Å². The molecule has 2 aliphatic rings. The van der Waals surface area contributed by atoms with Gasteiger partial charge in [-0.25, -0.2) is 0 Å². The van der Waals surface area contributed by atoms with Gasteiger partial charge in [-0.2, -0.15) is 0 Å². The zero-order valence-corrected chi connectivity index (χ0v) is 13.1. The summed E-state index contributed by atoms with van der Waals surface area (Å²) in [5, 5.41) is 2.95. The number of nitrogens with zero attached hydrogens (tertiary/aromatic N) is 1. The van der Waals surface area contributed by atoms with Crippen LogP contribution in [0.3, 0.4) is 0 Å². The first-order valence-electron chi connectivity index (χ1n) is 8.31. The van der Waals surface area contributed by atoms with Gasteiger partial charge in [-0.3, -0.25) is 9.59 Å². The SMILES string of the molecule is CC(=O)N1CCCC(C(=O)NCCOC2CCCCC2)C1. The van der Waals surface area contributed by atoms with Gasteiger partial charge in [-0.05, 0) is 25.7 Å². The van der Waals surface area contributed by atoms with E-state index in [1.54, 1.807) is 11.8 Å². The van der Waals surface area contributed by atoms with Crippen molar-refractivity contribution < 1.29 is 14.3 Å². The van der Waals surface area contributed by atoms with Gasteiger partial charge in [0.15, 0.2) is 0 Å². The van der Waals surface area contributed by atoms with E-state index in [4.69, 9.17) is 4.74 Å². The number of likely N-dealkylation sites (tertiary alicyclic amines) is 1. The summed E-state index contributed by atoms with van der Waals surface area (Å²) in [7, 11) is 0. The largest absolute Gasteiger partial charge is 0.376 e. The van der Waals surface area contributed by atoms with Crippen molar-refractivity contribution in [1.82, 2.24) is 10.2 Å². The van der Waals surface area contributed by atoms with Crippen molar-refractivity contribution in [3.63, 3.8) is 0 Å². The van der Waals surface area contributed by atoms with Crippen LogP contribution < -0.4 is 5.32 Å². The average molecular weight is 296 g/mol. The molecular weight excluding hydrogens is 268 g/mol. The topological polar surface area (TPSA) is 58.6 Å². The summed E-state index contributed by atoms with van der Waals surface area (Å²) in [4.78, 5) is 25.3. The van der Waals surface area contributed by atoms with E-state index in [-0.39, 0.29) is 17.7 Å². The zero-order valence-electron chi connectivity index (χ0n) is 13.1. The van der Waals surface area contributed by atoms with E-state index in [0.717, 1.165) is 32.2 Å². The lowest BCUT2D eigenvalue weighted by Crippen LogP contribution is -2.45. The highest BCUT2D eigenvalue weighted by atomic mass is 16.5. The van der Waals surface area contributed by atoms with Crippen LogP contribution in [0, 0.1) is 5.92 Å². The van der Waals surface area contributed by atoms with Crippen molar-refractivity contribution in [2.75, 3.05) is 26.2 Å². The summed E-state index contributed by atoms with van der Waals surface area (Å²) in [6.07, 6.45) is 8.34. The number of hydrogen-bond acceptors (Lipinski definition) is 3. The molecular formula is C16H28N2O3. The zero-order chi connectivity index (χ0) is 15.1. The number of carbonyl (C=O) groups excluding carboxylic acids is 2. The first-order chi connectivity index (χ1) is 10.2. The van der Waals surface area contributed by atoms with Crippen molar-refractivity contribution in [3.05, 3.63) is 0 Å². The van der Waals surface area contributed by atoms with E-state index >= 15 is 0 Å². The Bertz CT molecular complexity index is 353. The lowest BCUT2D eigenvalue weighted by molar-refractivity contribution is -0.134. The molecule has 5 nitrogen and oxygen atoms in total. The van der Waals surface area contributed by atoms with Crippen LogP contribution >= 0.6 is 0 Å². The minimum absolute atomic E-state index is 0.0580. The molecule has 1 aliphatic carbocycles. The Morgan fingerprint density at radius 1 is 1.14 bits per heavy atom. The first kappa shape index (κ1) is 16.3. The highest BCUT2D eigenvalue weighted by Gasteiger charge is 2.26. The first-order valence-corrected chi connectivity index (χ1v) is 8.31. The second-order valence-electron chi connectivity index (χ2n) is 6.23. The van der Waals surface area contributed by atoms with Crippen molar-refractivity contribution in [1.29, 1.82) is 0 Å². The van der Waals surface area contributed by atoms with Crippen molar-refractivity contribution in [2.45, 2.75) is 58.0 Å². The smallest absolute Gasteiger partial charge is 0.224 e. The Kier molecular flexibility index (Phi) is 6.49. The molecule has 0 aromatic heterocycles. The molecule has 1 aliphatic heterocycles. The number of piperidine rings is 1. The summed E-state index contributed by atoms with van der Waals surface area (Å²) in [6.45, 7) is 4.08. The van der Waals surface area contributed by atoms with Gasteiger partial charge in [0.1, 0.15) is 0 Å². The molecule has 1 saturated heterocycles. The standard InChI is InChI=1S/C16H28N2O3/c1-13(19)18-10-5-6-14(12-18)16(20)17-9-11-21-15-7-3-2-4-8-15/h14-15H,2-12H2,1H3,(H,17,20). The fourth-order valence-corrected chi connectivity index (χ4v) is 3.25. The molecule has 5 heteroatoms. The van der Waals surface area contributed by atoms with Gasteiger partial charge in [-0.15, -0.1) is 0 Å². The molecule has 0 aromatic rings. The molecule has 0 spiro atoms. The normalized spacial score (nSPS) is 23.9. The van der Waals surface area contributed by atoms with Gasteiger partial charge in [0.25, 0.3) is 0 Å². The van der Waals surface area contributed by atoms with E-state index in [1.807, 2.05) is 0 Å². The maximum atomic E-state index is 12.1. The van der Waals surface area contributed by atoms with Crippen LogP contribution in [0.2, 0.25) is 0 Å². The highest BCUT2D eigenvalue weighted by Crippen LogP contribution is 2.20. The number of ether oxygens (including phenoxy) is 1. The molecule has 0 radical (unpaired) electrons.